The molecule has 2 atom stereocenters. The van der Waals surface area contributed by atoms with Crippen LogP contribution in [-0.4, -0.2) is 28.6 Å². The van der Waals surface area contributed by atoms with Crippen molar-refractivity contribution in [2.75, 3.05) is 6.54 Å². The summed E-state index contributed by atoms with van der Waals surface area (Å²) in [6, 6.07) is 0. The zero-order valence-electron chi connectivity index (χ0n) is 11.9. The van der Waals surface area contributed by atoms with E-state index in [0.717, 1.165) is 49.1 Å². The average molecular weight is 294 g/mol. The normalized spacial score (nSPS) is 30.2. The van der Waals surface area contributed by atoms with Crippen LogP contribution in [0.4, 0.5) is 0 Å². The van der Waals surface area contributed by atoms with Gasteiger partial charge in [-0.1, -0.05) is 19.8 Å². The van der Waals surface area contributed by atoms with E-state index in [0.29, 0.717) is 12.5 Å². The van der Waals surface area contributed by atoms with E-state index in [9.17, 15) is 9.90 Å². The van der Waals surface area contributed by atoms with E-state index >= 15 is 0 Å². The number of thiazole rings is 1. The third-order valence-corrected chi connectivity index (χ3v) is 5.54. The minimum Gasteiger partial charge on any atom is -0.392 e. The van der Waals surface area contributed by atoms with Crippen molar-refractivity contribution in [3.8, 4) is 0 Å². The van der Waals surface area contributed by atoms with Gasteiger partial charge >= 0.3 is 0 Å². The van der Waals surface area contributed by atoms with Gasteiger partial charge in [-0.25, -0.2) is 4.98 Å². The number of nitrogens with one attached hydrogen (secondary N) is 1. The van der Waals surface area contributed by atoms with Crippen molar-refractivity contribution >= 4 is 17.2 Å². The first-order valence-corrected chi connectivity index (χ1v) is 8.38. The van der Waals surface area contributed by atoms with Crippen LogP contribution in [0, 0.1) is 5.41 Å². The molecule has 2 aliphatic rings. The van der Waals surface area contributed by atoms with Crippen LogP contribution >= 0.6 is 11.3 Å². The zero-order chi connectivity index (χ0) is 14.2. The van der Waals surface area contributed by atoms with Crippen molar-refractivity contribution in [1.29, 1.82) is 0 Å². The number of rotatable bonds is 4. The SMILES string of the molecule is CC1(CNC(=O)c2scnc2C2CC2)CCCCC1O. The topological polar surface area (TPSA) is 62.2 Å². The van der Waals surface area contributed by atoms with Gasteiger partial charge in [-0.2, -0.15) is 0 Å². The molecular weight excluding hydrogens is 272 g/mol. The van der Waals surface area contributed by atoms with Crippen LogP contribution < -0.4 is 5.32 Å². The Labute approximate surface area is 123 Å². The molecule has 0 bridgehead atoms. The standard InChI is InChI=1S/C15H22N2O2S/c1-15(7-3-2-4-11(15)18)8-16-14(19)13-12(10-5-6-10)17-9-20-13/h9-11,18H,2-8H2,1H3,(H,16,19). The molecule has 1 amide bonds. The van der Waals surface area contributed by atoms with Gasteiger partial charge in [0.2, 0.25) is 0 Å². The smallest absolute Gasteiger partial charge is 0.263 e. The highest BCUT2D eigenvalue weighted by Gasteiger charge is 2.36. The molecule has 0 aromatic carbocycles. The highest BCUT2D eigenvalue weighted by atomic mass is 32.1. The molecule has 2 unspecified atom stereocenters. The van der Waals surface area contributed by atoms with Crippen molar-refractivity contribution < 1.29 is 9.90 Å². The minimum absolute atomic E-state index is 0.0200. The monoisotopic (exact) mass is 294 g/mol. The Kier molecular flexibility index (Phi) is 3.82. The molecule has 0 aliphatic heterocycles. The summed E-state index contributed by atoms with van der Waals surface area (Å²) >= 11 is 1.43. The summed E-state index contributed by atoms with van der Waals surface area (Å²) in [5, 5.41) is 13.2. The van der Waals surface area contributed by atoms with Gasteiger partial charge in [0.25, 0.3) is 5.91 Å². The van der Waals surface area contributed by atoms with Crippen LogP contribution in [0.1, 0.15) is 66.7 Å². The number of aliphatic hydroxyl groups is 1. The third-order valence-electron chi connectivity index (χ3n) is 4.70. The lowest BCUT2D eigenvalue weighted by Crippen LogP contribution is -2.45. The Morgan fingerprint density at radius 3 is 3.00 bits per heavy atom. The lowest BCUT2D eigenvalue weighted by Gasteiger charge is -2.38. The Balaban J connectivity index is 1.62. The average Bonchev–Trinajstić information content (AvgIpc) is 3.17. The molecule has 1 aromatic heterocycles. The first kappa shape index (κ1) is 14.0. The van der Waals surface area contributed by atoms with E-state index in [1.165, 1.54) is 11.3 Å². The van der Waals surface area contributed by atoms with Gasteiger partial charge in [0.1, 0.15) is 4.88 Å². The second-order valence-corrected chi connectivity index (χ2v) is 7.29. The number of carbonyl (C=O) groups excluding carboxylic acids is 1. The van der Waals surface area contributed by atoms with E-state index in [1.807, 2.05) is 0 Å². The molecule has 110 valence electrons. The summed E-state index contributed by atoms with van der Waals surface area (Å²) < 4.78 is 0. The summed E-state index contributed by atoms with van der Waals surface area (Å²) in [6.45, 7) is 2.63. The molecular formula is C15H22N2O2S. The minimum atomic E-state index is -0.305. The van der Waals surface area contributed by atoms with Crippen LogP contribution in [-0.2, 0) is 0 Å². The maximum Gasteiger partial charge on any atom is 0.263 e. The van der Waals surface area contributed by atoms with E-state index in [4.69, 9.17) is 0 Å². The van der Waals surface area contributed by atoms with Gasteiger partial charge in [-0.15, -0.1) is 11.3 Å². The lowest BCUT2D eigenvalue weighted by molar-refractivity contribution is 0.00192. The summed E-state index contributed by atoms with van der Waals surface area (Å²) in [5.41, 5.74) is 2.56. The molecule has 0 saturated heterocycles. The highest BCUT2D eigenvalue weighted by Crippen LogP contribution is 2.42. The molecule has 4 nitrogen and oxygen atoms in total. The lowest BCUT2D eigenvalue weighted by atomic mass is 9.73. The molecule has 2 fully saturated rings. The zero-order valence-corrected chi connectivity index (χ0v) is 12.7. The van der Waals surface area contributed by atoms with Crippen LogP contribution in [0.25, 0.3) is 0 Å². The molecule has 20 heavy (non-hydrogen) atoms. The second kappa shape index (κ2) is 5.45. The fourth-order valence-electron chi connectivity index (χ4n) is 3.02. The van der Waals surface area contributed by atoms with Crippen molar-refractivity contribution in [2.24, 2.45) is 5.41 Å². The van der Waals surface area contributed by atoms with Gasteiger partial charge in [0.15, 0.2) is 0 Å². The number of hydrogen-bond acceptors (Lipinski definition) is 4. The molecule has 2 saturated carbocycles. The van der Waals surface area contributed by atoms with Gasteiger partial charge in [-0.3, -0.25) is 4.79 Å². The number of aliphatic hydroxyl groups excluding tert-OH is 1. The fraction of sp³-hybridized carbons (Fsp3) is 0.733. The predicted octanol–water partition coefficient (Wildman–Crippen LogP) is 2.69. The molecule has 2 N–H and O–H groups in total. The van der Waals surface area contributed by atoms with Crippen molar-refractivity contribution in [2.45, 2.75) is 57.5 Å². The summed E-state index contributed by atoms with van der Waals surface area (Å²) in [5.74, 6) is 0.478. The molecule has 0 radical (unpaired) electrons. The summed E-state index contributed by atoms with van der Waals surface area (Å²) in [7, 11) is 0. The number of hydrogen-bond donors (Lipinski definition) is 2. The van der Waals surface area contributed by atoms with Gasteiger partial charge < -0.3 is 10.4 Å². The molecule has 1 aromatic rings. The maximum absolute atomic E-state index is 12.3. The summed E-state index contributed by atoms with van der Waals surface area (Å²) in [4.78, 5) is 17.4. The predicted molar refractivity (Wildman–Crippen MR) is 79.0 cm³/mol. The number of carbonyl (C=O) groups is 1. The Hall–Kier alpha value is -0.940. The highest BCUT2D eigenvalue weighted by molar-refractivity contribution is 7.11. The molecule has 0 spiro atoms. The number of aromatic nitrogens is 1. The number of amides is 1. The van der Waals surface area contributed by atoms with Crippen molar-refractivity contribution in [3.05, 3.63) is 16.1 Å². The second-order valence-electron chi connectivity index (χ2n) is 6.44. The summed E-state index contributed by atoms with van der Waals surface area (Å²) in [6.07, 6.45) is 6.05. The largest absolute Gasteiger partial charge is 0.392 e. The fourth-order valence-corrected chi connectivity index (χ4v) is 3.81. The molecule has 3 rings (SSSR count). The van der Waals surface area contributed by atoms with Crippen LogP contribution in [0.15, 0.2) is 5.51 Å². The maximum atomic E-state index is 12.3. The quantitative estimate of drug-likeness (QED) is 0.897. The Morgan fingerprint density at radius 2 is 2.30 bits per heavy atom. The molecule has 5 heteroatoms. The van der Waals surface area contributed by atoms with Crippen LogP contribution in [0.5, 0.6) is 0 Å². The Morgan fingerprint density at radius 1 is 1.50 bits per heavy atom. The first-order chi connectivity index (χ1) is 9.60. The van der Waals surface area contributed by atoms with Crippen LogP contribution in [0.2, 0.25) is 0 Å². The van der Waals surface area contributed by atoms with Crippen molar-refractivity contribution in [1.82, 2.24) is 10.3 Å². The van der Waals surface area contributed by atoms with Gasteiger partial charge in [-0.05, 0) is 25.7 Å². The Bertz CT molecular complexity index is 498. The number of nitrogens with zero attached hydrogens (tertiary/aromatic N) is 1. The first-order valence-electron chi connectivity index (χ1n) is 7.50. The van der Waals surface area contributed by atoms with Crippen molar-refractivity contribution in [3.63, 3.8) is 0 Å². The van der Waals surface area contributed by atoms with E-state index in [2.05, 4.69) is 17.2 Å². The van der Waals surface area contributed by atoms with E-state index < -0.39 is 0 Å². The van der Waals surface area contributed by atoms with Gasteiger partial charge in [0, 0.05) is 17.9 Å². The third kappa shape index (κ3) is 2.74. The molecule has 1 heterocycles. The van der Waals surface area contributed by atoms with Gasteiger partial charge in [0.05, 0.1) is 17.3 Å². The van der Waals surface area contributed by atoms with E-state index in [-0.39, 0.29) is 17.4 Å². The molecule has 2 aliphatic carbocycles. The van der Waals surface area contributed by atoms with E-state index in [1.54, 1.807) is 5.51 Å². The van der Waals surface area contributed by atoms with Crippen LogP contribution in [0.3, 0.4) is 0 Å².